The van der Waals surface area contributed by atoms with Crippen LogP contribution in [0.2, 0.25) is 15.1 Å². The Labute approximate surface area is 154 Å². The molecule has 0 saturated heterocycles. The number of amides is 1. The number of carbonyl (C=O) groups excluding carboxylic acids is 1. The van der Waals surface area contributed by atoms with Gasteiger partial charge in [-0.3, -0.25) is 10.1 Å². The number of rotatable bonds is 3. The third-order valence-electron chi connectivity index (χ3n) is 2.74. The summed E-state index contributed by atoms with van der Waals surface area (Å²) in [6.07, 6.45) is 2.95. The molecule has 0 radical (unpaired) electrons. The molecule has 0 aliphatic carbocycles. The summed E-state index contributed by atoms with van der Waals surface area (Å²) >= 11 is 22.9. The molecule has 0 fully saturated rings. The molecule has 2 rings (SSSR count). The van der Waals surface area contributed by atoms with Gasteiger partial charge in [0.25, 0.3) is 0 Å². The third-order valence-corrected chi connectivity index (χ3v) is 3.83. The van der Waals surface area contributed by atoms with E-state index >= 15 is 0 Å². The van der Waals surface area contributed by atoms with Crippen molar-refractivity contribution in [2.75, 3.05) is 5.32 Å². The predicted octanol–water partition coefficient (Wildman–Crippen LogP) is 5.17. The molecule has 0 heterocycles. The first-order valence-corrected chi connectivity index (χ1v) is 7.99. The van der Waals surface area contributed by atoms with E-state index in [1.165, 1.54) is 6.08 Å². The molecular formula is C16H11Cl3N2OS. The molecule has 2 N–H and O–H groups in total. The van der Waals surface area contributed by atoms with E-state index in [1.54, 1.807) is 36.4 Å². The number of carbonyl (C=O) groups is 1. The summed E-state index contributed by atoms with van der Waals surface area (Å²) in [7, 11) is 0. The average Bonchev–Trinajstić information content (AvgIpc) is 2.49. The molecule has 7 heteroatoms. The molecule has 118 valence electrons. The minimum Gasteiger partial charge on any atom is -0.331 e. The number of hydrogen-bond donors (Lipinski definition) is 2. The van der Waals surface area contributed by atoms with E-state index in [4.69, 9.17) is 47.0 Å². The summed E-state index contributed by atoms with van der Waals surface area (Å²) in [4.78, 5) is 11.8. The molecule has 0 aliphatic heterocycles. The van der Waals surface area contributed by atoms with Crippen molar-refractivity contribution >= 4 is 69.8 Å². The summed E-state index contributed by atoms with van der Waals surface area (Å²) in [5.41, 5.74) is 1.29. The van der Waals surface area contributed by atoms with Crippen LogP contribution in [0.1, 0.15) is 5.56 Å². The first kappa shape index (κ1) is 17.8. The van der Waals surface area contributed by atoms with Gasteiger partial charge in [-0.2, -0.15) is 0 Å². The Balaban J connectivity index is 1.95. The Kier molecular flexibility index (Phi) is 6.42. The van der Waals surface area contributed by atoms with Crippen molar-refractivity contribution in [2.45, 2.75) is 0 Å². The molecule has 3 nitrogen and oxygen atoms in total. The zero-order valence-corrected chi connectivity index (χ0v) is 14.7. The minimum atomic E-state index is -0.382. The van der Waals surface area contributed by atoms with Crippen molar-refractivity contribution in [1.29, 1.82) is 0 Å². The monoisotopic (exact) mass is 384 g/mol. The van der Waals surface area contributed by atoms with Crippen LogP contribution in [0.5, 0.6) is 0 Å². The van der Waals surface area contributed by atoms with Gasteiger partial charge >= 0.3 is 0 Å². The van der Waals surface area contributed by atoms with Crippen molar-refractivity contribution in [1.82, 2.24) is 5.32 Å². The van der Waals surface area contributed by atoms with E-state index < -0.39 is 0 Å². The Bertz CT molecular complexity index is 778. The second-order valence-corrected chi connectivity index (χ2v) is 6.08. The lowest BCUT2D eigenvalue weighted by Gasteiger charge is -2.09. The zero-order valence-electron chi connectivity index (χ0n) is 11.6. The highest BCUT2D eigenvalue weighted by atomic mass is 35.5. The van der Waals surface area contributed by atoms with Gasteiger partial charge in [0.1, 0.15) is 0 Å². The van der Waals surface area contributed by atoms with E-state index in [0.29, 0.717) is 20.8 Å². The topological polar surface area (TPSA) is 41.1 Å². The lowest BCUT2D eigenvalue weighted by atomic mass is 10.2. The van der Waals surface area contributed by atoms with Gasteiger partial charge in [-0.1, -0.05) is 53.0 Å². The highest BCUT2D eigenvalue weighted by molar-refractivity contribution is 7.80. The molecule has 2 aromatic carbocycles. The smallest absolute Gasteiger partial charge is 0.250 e. The van der Waals surface area contributed by atoms with Gasteiger partial charge in [-0.15, -0.1) is 0 Å². The van der Waals surface area contributed by atoms with Crippen LogP contribution in [0.3, 0.4) is 0 Å². The molecule has 0 spiro atoms. The number of anilines is 1. The fourth-order valence-electron chi connectivity index (χ4n) is 1.67. The molecule has 1 amide bonds. The van der Waals surface area contributed by atoms with Crippen molar-refractivity contribution in [2.24, 2.45) is 0 Å². The lowest BCUT2D eigenvalue weighted by Crippen LogP contribution is -2.32. The van der Waals surface area contributed by atoms with E-state index in [-0.39, 0.29) is 11.0 Å². The molecule has 0 aliphatic rings. The van der Waals surface area contributed by atoms with Crippen LogP contribution in [0.15, 0.2) is 48.5 Å². The maximum atomic E-state index is 11.8. The van der Waals surface area contributed by atoms with Crippen LogP contribution < -0.4 is 10.6 Å². The molecule has 0 unspecified atom stereocenters. The highest BCUT2D eigenvalue weighted by Gasteiger charge is 2.05. The number of hydrogen-bond acceptors (Lipinski definition) is 2. The molecule has 23 heavy (non-hydrogen) atoms. The second kappa shape index (κ2) is 8.31. The van der Waals surface area contributed by atoms with Crippen LogP contribution >= 0.6 is 47.0 Å². The third kappa shape index (κ3) is 5.52. The summed E-state index contributed by atoms with van der Waals surface area (Å²) in [6.45, 7) is 0. The highest BCUT2D eigenvalue weighted by Crippen LogP contribution is 2.25. The van der Waals surface area contributed by atoms with Gasteiger partial charge in [-0.25, -0.2) is 0 Å². The van der Waals surface area contributed by atoms with Crippen molar-refractivity contribution in [3.63, 3.8) is 0 Å². The maximum Gasteiger partial charge on any atom is 0.250 e. The predicted molar refractivity (Wildman–Crippen MR) is 101 cm³/mol. The molecular weight excluding hydrogens is 375 g/mol. The Morgan fingerprint density at radius 3 is 2.48 bits per heavy atom. The SMILES string of the molecule is O=C(C=Cc1ccccc1Cl)NC(=S)Nc1ccc(Cl)cc1Cl. The fourth-order valence-corrected chi connectivity index (χ4v) is 2.54. The Morgan fingerprint density at radius 2 is 1.78 bits per heavy atom. The summed E-state index contributed by atoms with van der Waals surface area (Å²) in [6, 6.07) is 12.1. The normalized spacial score (nSPS) is 10.6. The first-order chi connectivity index (χ1) is 11.0. The van der Waals surface area contributed by atoms with Gasteiger partial charge in [0.15, 0.2) is 5.11 Å². The summed E-state index contributed by atoms with van der Waals surface area (Å²) in [5, 5.41) is 6.95. The van der Waals surface area contributed by atoms with Gasteiger partial charge in [0.2, 0.25) is 5.91 Å². The molecule has 2 aromatic rings. The zero-order chi connectivity index (χ0) is 16.8. The van der Waals surface area contributed by atoms with E-state index in [1.807, 2.05) is 12.1 Å². The molecule has 0 atom stereocenters. The van der Waals surface area contributed by atoms with Crippen LogP contribution in [0.4, 0.5) is 5.69 Å². The van der Waals surface area contributed by atoms with E-state index in [0.717, 1.165) is 5.56 Å². The Hall–Kier alpha value is -1.59. The van der Waals surface area contributed by atoms with Gasteiger partial charge in [0, 0.05) is 16.1 Å². The van der Waals surface area contributed by atoms with Crippen molar-refractivity contribution < 1.29 is 4.79 Å². The van der Waals surface area contributed by atoms with Crippen LogP contribution in [-0.2, 0) is 4.79 Å². The average molecular weight is 386 g/mol. The quantitative estimate of drug-likeness (QED) is 0.565. The number of nitrogens with one attached hydrogen (secondary N) is 2. The van der Waals surface area contributed by atoms with Crippen LogP contribution in [0, 0.1) is 0 Å². The van der Waals surface area contributed by atoms with Crippen LogP contribution in [0.25, 0.3) is 6.08 Å². The standard InChI is InChI=1S/C16H11Cl3N2OS/c17-11-6-7-14(13(19)9-11)20-16(23)21-15(22)8-5-10-3-1-2-4-12(10)18/h1-9H,(H2,20,21,22,23). The summed E-state index contributed by atoms with van der Waals surface area (Å²) in [5.74, 6) is -0.382. The number of benzene rings is 2. The number of halogens is 3. The first-order valence-electron chi connectivity index (χ1n) is 6.45. The van der Waals surface area contributed by atoms with Gasteiger partial charge < -0.3 is 5.32 Å². The second-order valence-electron chi connectivity index (χ2n) is 4.42. The van der Waals surface area contributed by atoms with Crippen molar-refractivity contribution in [3.05, 3.63) is 69.2 Å². The molecule has 0 bridgehead atoms. The van der Waals surface area contributed by atoms with Crippen LogP contribution in [-0.4, -0.2) is 11.0 Å². The molecule has 0 saturated carbocycles. The van der Waals surface area contributed by atoms with E-state index in [2.05, 4.69) is 10.6 Å². The fraction of sp³-hybridized carbons (Fsp3) is 0. The summed E-state index contributed by atoms with van der Waals surface area (Å²) < 4.78 is 0. The lowest BCUT2D eigenvalue weighted by molar-refractivity contribution is -0.115. The Morgan fingerprint density at radius 1 is 1.04 bits per heavy atom. The minimum absolute atomic E-state index is 0.128. The van der Waals surface area contributed by atoms with Gasteiger partial charge in [-0.05, 0) is 48.1 Å². The maximum absolute atomic E-state index is 11.8. The van der Waals surface area contributed by atoms with E-state index in [9.17, 15) is 4.79 Å². The van der Waals surface area contributed by atoms with Gasteiger partial charge in [0.05, 0.1) is 10.7 Å². The number of thiocarbonyl (C=S) groups is 1. The molecule has 0 aromatic heterocycles. The largest absolute Gasteiger partial charge is 0.331 e. The van der Waals surface area contributed by atoms with Crippen molar-refractivity contribution in [3.8, 4) is 0 Å².